The van der Waals surface area contributed by atoms with E-state index in [9.17, 15) is 13.2 Å². The second-order valence-electron chi connectivity index (χ2n) is 7.00. The van der Waals surface area contributed by atoms with Crippen LogP contribution in [0.25, 0.3) is 10.2 Å². The second-order valence-corrected chi connectivity index (χ2v) is 9.64. The molecule has 2 aromatic heterocycles. The number of hydrogen-bond acceptors (Lipinski definition) is 9. The highest BCUT2D eigenvalue weighted by molar-refractivity contribution is 7.89. The molecule has 9 nitrogen and oxygen atoms in total. The molecular weight excluding hydrogens is 450 g/mol. The summed E-state index contributed by atoms with van der Waals surface area (Å²) >= 11 is 1.53. The van der Waals surface area contributed by atoms with Crippen molar-refractivity contribution in [2.24, 2.45) is 0 Å². The largest absolute Gasteiger partial charge is 0.428 e. The Labute approximate surface area is 188 Å². The number of aryl methyl sites for hydroxylation is 1. The molecule has 162 valence electrons. The highest BCUT2D eigenvalue weighted by atomic mass is 32.2. The summed E-state index contributed by atoms with van der Waals surface area (Å²) in [5, 5.41) is 9.10. The topological polar surface area (TPSA) is 129 Å². The summed E-state index contributed by atoms with van der Waals surface area (Å²) in [6.45, 7) is 1.89. The molecule has 0 radical (unpaired) electrons. The van der Waals surface area contributed by atoms with E-state index in [0.29, 0.717) is 17.8 Å². The number of rotatable bonds is 6. The number of carbonyl (C=O) groups excluding carboxylic acids is 1. The lowest BCUT2D eigenvalue weighted by atomic mass is 10.1. The predicted octanol–water partition coefficient (Wildman–Crippen LogP) is 3.49. The van der Waals surface area contributed by atoms with Crippen LogP contribution in [0.2, 0.25) is 0 Å². The lowest BCUT2D eigenvalue weighted by molar-refractivity contribution is 0.0976. The zero-order chi connectivity index (χ0) is 22.9. The van der Waals surface area contributed by atoms with E-state index in [1.165, 1.54) is 18.3 Å². The van der Waals surface area contributed by atoms with E-state index in [1.54, 1.807) is 34.7 Å². The average molecular weight is 468 g/mol. The van der Waals surface area contributed by atoms with Crippen LogP contribution in [0, 0.1) is 18.3 Å². The van der Waals surface area contributed by atoms with Gasteiger partial charge in [-0.2, -0.15) is 10.2 Å². The molecule has 1 N–H and O–H groups in total. The molecule has 2 aromatic carbocycles. The maximum Gasteiger partial charge on any atom is 0.303 e. The smallest absolute Gasteiger partial charge is 0.303 e. The van der Waals surface area contributed by atoms with E-state index in [4.69, 9.17) is 9.68 Å². The molecule has 11 heteroatoms. The Morgan fingerprint density at radius 1 is 1.25 bits per heavy atom. The van der Waals surface area contributed by atoms with Crippen LogP contribution in [0.15, 0.2) is 52.4 Å². The molecule has 2 heterocycles. The van der Waals surface area contributed by atoms with Crippen molar-refractivity contribution in [2.45, 2.75) is 13.5 Å². The Morgan fingerprint density at radius 2 is 2.00 bits per heavy atom. The van der Waals surface area contributed by atoms with Gasteiger partial charge in [0, 0.05) is 5.69 Å². The molecule has 0 saturated heterocycles. The molecule has 0 aliphatic heterocycles. The highest BCUT2D eigenvalue weighted by Crippen LogP contribution is 2.30. The number of nitrogens with one attached hydrogen (secondary N) is 1. The van der Waals surface area contributed by atoms with Gasteiger partial charge in [-0.1, -0.05) is 6.07 Å². The van der Waals surface area contributed by atoms with Crippen molar-refractivity contribution in [3.05, 3.63) is 70.6 Å². The minimum absolute atomic E-state index is 0.121. The van der Waals surface area contributed by atoms with Gasteiger partial charge in [0.15, 0.2) is 5.69 Å². The van der Waals surface area contributed by atoms with E-state index >= 15 is 0 Å². The van der Waals surface area contributed by atoms with E-state index in [2.05, 4.69) is 16.0 Å². The van der Waals surface area contributed by atoms with Crippen LogP contribution in [0.5, 0.6) is 0 Å². The number of thiazole rings is 1. The summed E-state index contributed by atoms with van der Waals surface area (Å²) in [5.41, 5.74) is 4.68. The van der Waals surface area contributed by atoms with Gasteiger partial charge in [-0.05, 0) is 48.9 Å². The molecule has 4 aromatic rings. The number of fused-ring (bicyclic) bond motifs is 1. The molecule has 0 aliphatic carbocycles. The number of nitriles is 1. The zero-order valence-corrected chi connectivity index (χ0v) is 18.7. The Kier molecular flexibility index (Phi) is 5.65. The van der Waals surface area contributed by atoms with Gasteiger partial charge < -0.3 is 4.42 Å². The summed E-state index contributed by atoms with van der Waals surface area (Å²) in [5.74, 6) is -0.691. The summed E-state index contributed by atoms with van der Waals surface area (Å²) in [4.78, 5) is 22.6. The van der Waals surface area contributed by atoms with Crippen molar-refractivity contribution in [2.75, 3.05) is 11.2 Å². The van der Waals surface area contributed by atoms with Crippen LogP contribution in [0.1, 0.15) is 27.4 Å². The van der Waals surface area contributed by atoms with E-state index < -0.39 is 15.9 Å². The van der Waals surface area contributed by atoms with Gasteiger partial charge in [-0.3, -0.25) is 9.69 Å². The Bertz CT molecular complexity index is 1450. The third-order valence-electron chi connectivity index (χ3n) is 4.55. The van der Waals surface area contributed by atoms with Gasteiger partial charge >= 0.3 is 6.01 Å². The Balaban J connectivity index is 1.74. The van der Waals surface area contributed by atoms with Crippen LogP contribution >= 0.6 is 11.3 Å². The normalized spacial score (nSPS) is 11.3. The molecule has 1 amide bonds. The van der Waals surface area contributed by atoms with Crippen LogP contribution in [0.3, 0.4) is 0 Å². The number of anilines is 2. The Hall–Kier alpha value is -3.75. The molecule has 32 heavy (non-hydrogen) atoms. The number of hydrogen-bond donors (Lipinski definition) is 1. The predicted molar refractivity (Wildman–Crippen MR) is 120 cm³/mol. The van der Waals surface area contributed by atoms with Crippen LogP contribution in [-0.4, -0.2) is 30.5 Å². The van der Waals surface area contributed by atoms with Crippen molar-refractivity contribution in [1.29, 1.82) is 5.26 Å². The van der Waals surface area contributed by atoms with Crippen molar-refractivity contribution >= 4 is 49.2 Å². The lowest BCUT2D eigenvalue weighted by Gasteiger charge is -2.21. The summed E-state index contributed by atoms with van der Waals surface area (Å²) in [6, 6.07) is 14.9. The van der Waals surface area contributed by atoms with Crippen molar-refractivity contribution < 1.29 is 17.6 Å². The second kappa shape index (κ2) is 8.41. The lowest BCUT2D eigenvalue weighted by Crippen LogP contribution is -2.30. The Morgan fingerprint density at radius 3 is 2.69 bits per heavy atom. The van der Waals surface area contributed by atoms with Crippen LogP contribution < -0.4 is 9.62 Å². The quantitative estimate of drug-likeness (QED) is 0.456. The number of amides is 1. The van der Waals surface area contributed by atoms with Gasteiger partial charge in [0.05, 0.1) is 40.2 Å². The van der Waals surface area contributed by atoms with Gasteiger partial charge in [0.25, 0.3) is 5.91 Å². The molecule has 0 unspecified atom stereocenters. The fourth-order valence-electron chi connectivity index (χ4n) is 3.09. The average Bonchev–Trinajstić information content (AvgIpc) is 3.37. The molecule has 0 fully saturated rings. The molecule has 4 rings (SSSR count). The molecule has 0 atom stereocenters. The SMILES string of the molecule is Cc1oc(N(Cc2ccc3ncsc3c2)c2ccc(C#N)cc2)nc1C(=O)NS(C)(=O)=O. The zero-order valence-electron chi connectivity index (χ0n) is 17.1. The maximum absolute atomic E-state index is 12.3. The maximum atomic E-state index is 12.3. The van der Waals surface area contributed by atoms with Crippen molar-refractivity contribution in [1.82, 2.24) is 14.7 Å². The molecule has 0 spiro atoms. The minimum Gasteiger partial charge on any atom is -0.428 e. The van der Waals surface area contributed by atoms with Crippen molar-refractivity contribution in [3.8, 4) is 6.07 Å². The summed E-state index contributed by atoms with van der Waals surface area (Å²) in [7, 11) is -3.75. The number of benzene rings is 2. The van der Waals surface area contributed by atoms with Crippen molar-refractivity contribution in [3.63, 3.8) is 0 Å². The third-order valence-corrected chi connectivity index (χ3v) is 5.90. The molecular formula is C21H17N5O4S2. The van der Waals surface area contributed by atoms with Gasteiger partial charge in [-0.15, -0.1) is 11.3 Å². The first-order chi connectivity index (χ1) is 15.2. The standard InChI is InChI=1S/C21H17N5O4S2/c1-13-19(20(27)25-32(2,28)29)24-21(30-13)26(16-6-3-14(10-22)4-7-16)11-15-5-8-17-18(9-15)31-12-23-17/h3-9,12H,11H2,1-2H3,(H,25,27). The number of oxazole rings is 1. The fraction of sp³-hybridized carbons (Fsp3) is 0.143. The van der Waals surface area contributed by atoms with E-state index in [1.807, 2.05) is 22.9 Å². The number of carbonyl (C=O) groups is 1. The molecule has 0 saturated carbocycles. The van der Waals surface area contributed by atoms with Gasteiger partial charge in [-0.25, -0.2) is 18.1 Å². The first kappa shape index (κ1) is 21.5. The first-order valence-electron chi connectivity index (χ1n) is 9.33. The minimum atomic E-state index is -3.75. The summed E-state index contributed by atoms with van der Waals surface area (Å²) in [6.07, 6.45) is 0.889. The molecule has 0 bridgehead atoms. The molecule has 0 aliphatic rings. The van der Waals surface area contributed by atoms with Crippen LogP contribution in [-0.2, 0) is 16.6 Å². The summed E-state index contributed by atoms with van der Waals surface area (Å²) < 4.78 is 31.6. The first-order valence-corrected chi connectivity index (χ1v) is 12.1. The third kappa shape index (κ3) is 4.61. The number of nitrogens with zero attached hydrogens (tertiary/aromatic N) is 4. The van der Waals surface area contributed by atoms with E-state index in [-0.39, 0.29) is 17.5 Å². The fourth-order valence-corrected chi connectivity index (χ4v) is 4.27. The monoisotopic (exact) mass is 467 g/mol. The highest BCUT2D eigenvalue weighted by Gasteiger charge is 2.24. The number of aromatic nitrogens is 2. The van der Waals surface area contributed by atoms with Gasteiger partial charge in [0.2, 0.25) is 10.0 Å². The van der Waals surface area contributed by atoms with Gasteiger partial charge in [0.1, 0.15) is 5.76 Å². The van der Waals surface area contributed by atoms with E-state index in [0.717, 1.165) is 22.0 Å². The van der Waals surface area contributed by atoms with Crippen LogP contribution in [0.4, 0.5) is 11.7 Å². The number of sulfonamides is 1.